The predicted molar refractivity (Wildman–Crippen MR) is 118 cm³/mol. The average Bonchev–Trinajstić information content (AvgIpc) is 3.21. The first-order chi connectivity index (χ1) is 15.4. The molecule has 0 spiro atoms. The van der Waals surface area contributed by atoms with Crippen molar-refractivity contribution in [3.8, 4) is 0 Å². The van der Waals surface area contributed by atoms with Gasteiger partial charge in [0, 0.05) is 21.9 Å². The third-order valence-corrected chi connectivity index (χ3v) is 7.61. The average molecular weight is 467 g/mol. The number of benzene rings is 2. The van der Waals surface area contributed by atoms with Crippen LogP contribution in [0.3, 0.4) is 0 Å². The van der Waals surface area contributed by atoms with Crippen LogP contribution in [0.4, 0.5) is 11.4 Å². The van der Waals surface area contributed by atoms with Crippen molar-refractivity contribution in [3.05, 3.63) is 70.7 Å². The largest absolute Gasteiger partial charge is 0.274 e. The van der Waals surface area contributed by atoms with Gasteiger partial charge in [0.25, 0.3) is 0 Å². The van der Waals surface area contributed by atoms with Crippen molar-refractivity contribution in [2.45, 2.75) is 0 Å². The van der Waals surface area contributed by atoms with Gasteiger partial charge in [-0.05, 0) is 36.4 Å². The van der Waals surface area contributed by atoms with Crippen LogP contribution < -0.4 is 9.80 Å². The molecule has 7 rings (SSSR count). The summed E-state index contributed by atoms with van der Waals surface area (Å²) < 4.78 is 0. The molecule has 3 fully saturated rings. The molecule has 6 atom stereocenters. The van der Waals surface area contributed by atoms with E-state index in [0.29, 0.717) is 21.4 Å². The first-order valence-corrected chi connectivity index (χ1v) is 11.1. The molecule has 160 valence electrons. The summed E-state index contributed by atoms with van der Waals surface area (Å²) >= 11 is 12.2. The first kappa shape index (κ1) is 19.7. The van der Waals surface area contributed by atoms with Gasteiger partial charge in [0.15, 0.2) is 0 Å². The minimum absolute atomic E-state index is 0.346. The maximum atomic E-state index is 13.4. The Hall–Kier alpha value is -2.96. The number of anilines is 2. The second-order valence-electron chi connectivity index (χ2n) is 8.63. The van der Waals surface area contributed by atoms with Gasteiger partial charge in [0.2, 0.25) is 23.6 Å². The summed E-state index contributed by atoms with van der Waals surface area (Å²) in [4.78, 5) is 56.0. The van der Waals surface area contributed by atoms with E-state index >= 15 is 0 Å². The summed E-state index contributed by atoms with van der Waals surface area (Å²) in [5.74, 6) is -5.11. The van der Waals surface area contributed by atoms with E-state index in [1.807, 2.05) is 12.2 Å². The van der Waals surface area contributed by atoms with Crippen LogP contribution in [0.5, 0.6) is 0 Å². The molecule has 0 N–H and O–H groups in total. The second kappa shape index (κ2) is 6.77. The van der Waals surface area contributed by atoms with Gasteiger partial charge in [-0.1, -0.05) is 47.5 Å². The molecule has 4 amide bonds. The molecule has 32 heavy (non-hydrogen) atoms. The highest BCUT2D eigenvalue weighted by molar-refractivity contribution is 6.32. The van der Waals surface area contributed by atoms with Crippen LogP contribution in [0.2, 0.25) is 10.0 Å². The summed E-state index contributed by atoms with van der Waals surface area (Å²) in [5, 5.41) is 0.830. The van der Waals surface area contributed by atoms with Gasteiger partial charge in [-0.25, -0.2) is 9.80 Å². The SMILES string of the molecule is O=C1[C@@H]2C3C=CC([C@H]2C(=O)N1c1cccc(Cl)c1)[C@@H]1C(=O)N(c2cccc(Cl)c2)C(=O)[C@@H]31. The van der Waals surface area contributed by atoms with Crippen molar-refractivity contribution in [1.29, 1.82) is 0 Å². The molecule has 2 heterocycles. The Kier molecular flexibility index (Phi) is 4.17. The molecule has 6 nitrogen and oxygen atoms in total. The fourth-order valence-electron chi connectivity index (χ4n) is 5.97. The predicted octanol–water partition coefficient (Wildman–Crippen LogP) is 3.72. The van der Waals surface area contributed by atoms with Gasteiger partial charge in [-0.15, -0.1) is 0 Å². The molecule has 2 unspecified atom stereocenters. The Labute approximate surface area is 193 Å². The lowest BCUT2D eigenvalue weighted by atomic mass is 9.54. The van der Waals surface area contributed by atoms with Crippen molar-refractivity contribution in [3.63, 3.8) is 0 Å². The number of carbonyl (C=O) groups is 4. The number of carbonyl (C=O) groups excluding carboxylic acids is 4. The number of imide groups is 2. The molecule has 2 bridgehead atoms. The quantitative estimate of drug-likeness (QED) is 0.499. The number of rotatable bonds is 2. The van der Waals surface area contributed by atoms with Crippen LogP contribution >= 0.6 is 23.2 Å². The zero-order valence-corrected chi connectivity index (χ0v) is 18.0. The first-order valence-electron chi connectivity index (χ1n) is 10.3. The molecule has 2 saturated heterocycles. The van der Waals surface area contributed by atoms with Crippen molar-refractivity contribution >= 4 is 58.2 Å². The van der Waals surface area contributed by atoms with Crippen molar-refractivity contribution in [2.75, 3.05) is 9.80 Å². The second-order valence-corrected chi connectivity index (χ2v) is 9.50. The molecule has 0 radical (unpaired) electrons. The topological polar surface area (TPSA) is 74.8 Å². The summed E-state index contributed by atoms with van der Waals surface area (Å²) in [7, 11) is 0. The third kappa shape index (κ3) is 2.48. The van der Waals surface area contributed by atoms with E-state index in [9.17, 15) is 19.2 Å². The molecule has 0 aromatic heterocycles. The Bertz CT molecular complexity index is 1120. The lowest BCUT2D eigenvalue weighted by Gasteiger charge is -2.44. The lowest BCUT2D eigenvalue weighted by Crippen LogP contribution is -2.50. The molecule has 1 saturated carbocycles. The number of allylic oxidation sites excluding steroid dienone is 2. The Balaban J connectivity index is 1.41. The lowest BCUT2D eigenvalue weighted by molar-refractivity contribution is -0.137. The number of hydrogen-bond acceptors (Lipinski definition) is 4. The van der Waals surface area contributed by atoms with Crippen molar-refractivity contribution in [1.82, 2.24) is 0 Å². The minimum Gasteiger partial charge on any atom is -0.274 e. The van der Waals surface area contributed by atoms with Gasteiger partial charge in [-0.3, -0.25) is 19.2 Å². The van der Waals surface area contributed by atoms with Gasteiger partial charge in [-0.2, -0.15) is 0 Å². The number of hydrogen-bond donors (Lipinski definition) is 0. The van der Waals surface area contributed by atoms with Gasteiger partial charge >= 0.3 is 0 Å². The summed E-state index contributed by atoms with van der Waals surface area (Å²) in [5.41, 5.74) is 0.814. The minimum atomic E-state index is -0.672. The monoisotopic (exact) mass is 466 g/mol. The van der Waals surface area contributed by atoms with Crippen LogP contribution in [-0.2, 0) is 19.2 Å². The summed E-state index contributed by atoms with van der Waals surface area (Å²) in [6.07, 6.45) is 3.68. The standard InChI is InChI=1S/C24H16Cl2N2O4/c25-11-3-1-5-13(9-11)27-21(29)17-15-7-8-16(18(17)22(27)30)20-19(15)23(31)28(24(20)32)14-6-2-4-12(26)10-14/h1-10,15-20H/t15?,16?,17-,18-,19+,20+. The van der Waals surface area contributed by atoms with E-state index in [2.05, 4.69) is 0 Å². The van der Waals surface area contributed by atoms with Crippen LogP contribution in [-0.4, -0.2) is 23.6 Å². The molecule has 2 aromatic carbocycles. The van der Waals surface area contributed by atoms with E-state index in [-0.39, 0.29) is 23.6 Å². The van der Waals surface area contributed by atoms with Crippen LogP contribution in [0.25, 0.3) is 0 Å². The van der Waals surface area contributed by atoms with E-state index in [4.69, 9.17) is 23.2 Å². The highest BCUT2D eigenvalue weighted by Gasteiger charge is 2.68. The van der Waals surface area contributed by atoms with Crippen LogP contribution in [0.15, 0.2) is 60.7 Å². The van der Waals surface area contributed by atoms with Crippen LogP contribution in [0, 0.1) is 35.5 Å². The van der Waals surface area contributed by atoms with Crippen molar-refractivity contribution < 1.29 is 19.2 Å². The summed E-state index contributed by atoms with van der Waals surface area (Å²) in [6, 6.07) is 13.2. The van der Waals surface area contributed by atoms with E-state index in [0.717, 1.165) is 0 Å². The van der Waals surface area contributed by atoms with Gasteiger partial charge < -0.3 is 0 Å². The van der Waals surface area contributed by atoms with E-state index < -0.39 is 35.5 Å². The van der Waals surface area contributed by atoms with Gasteiger partial charge in [0.1, 0.15) is 0 Å². The zero-order chi connectivity index (χ0) is 22.3. The molecule has 5 aliphatic rings. The molecule has 3 aliphatic carbocycles. The zero-order valence-electron chi connectivity index (χ0n) is 16.5. The fourth-order valence-corrected chi connectivity index (χ4v) is 6.33. The number of amides is 4. The smallest absolute Gasteiger partial charge is 0.238 e. The maximum Gasteiger partial charge on any atom is 0.238 e. The van der Waals surface area contributed by atoms with Crippen LogP contribution in [0.1, 0.15) is 0 Å². The molecule has 2 aromatic rings. The molecular weight excluding hydrogens is 451 g/mol. The highest BCUT2D eigenvalue weighted by atomic mass is 35.5. The highest BCUT2D eigenvalue weighted by Crippen LogP contribution is 2.58. The van der Waals surface area contributed by atoms with E-state index in [1.165, 1.54) is 9.80 Å². The molecule has 2 aliphatic heterocycles. The fraction of sp³-hybridized carbons (Fsp3) is 0.250. The third-order valence-electron chi connectivity index (χ3n) is 7.14. The Morgan fingerprint density at radius 2 is 0.906 bits per heavy atom. The number of halogens is 2. The molecular formula is C24H16Cl2N2O4. The normalized spacial score (nSPS) is 32.7. The Morgan fingerprint density at radius 1 is 0.562 bits per heavy atom. The number of nitrogens with zero attached hydrogens (tertiary/aromatic N) is 2. The van der Waals surface area contributed by atoms with E-state index in [1.54, 1.807) is 48.5 Å². The summed E-state index contributed by atoms with van der Waals surface area (Å²) in [6.45, 7) is 0. The molecule has 8 heteroatoms. The van der Waals surface area contributed by atoms with Crippen molar-refractivity contribution in [2.24, 2.45) is 35.5 Å². The maximum absolute atomic E-state index is 13.4. The van der Waals surface area contributed by atoms with Gasteiger partial charge in [0.05, 0.1) is 35.0 Å². The Morgan fingerprint density at radius 3 is 1.22 bits per heavy atom.